The first-order chi connectivity index (χ1) is 14.5. The van der Waals surface area contributed by atoms with Crippen LogP contribution in [0, 0.1) is 17.5 Å². The van der Waals surface area contributed by atoms with Gasteiger partial charge in [-0.15, -0.1) is 0 Å². The molecule has 0 aliphatic carbocycles. The molecule has 0 atom stereocenters. The quantitative estimate of drug-likeness (QED) is 0.587. The number of hydrogen-bond donors (Lipinski definition) is 2. The molecule has 31 heavy (non-hydrogen) atoms. The van der Waals surface area contributed by atoms with Crippen molar-refractivity contribution >= 4 is 34.3 Å². The lowest BCUT2D eigenvalue weighted by molar-refractivity contribution is 0.144. The molecule has 0 bridgehead atoms. The third-order valence-corrected chi connectivity index (χ3v) is 5.27. The number of carboxylic acid groups (broad SMARTS) is 1. The molecule has 2 heterocycles. The SMILES string of the molecule is CC1(N)CN(c2c(F)cc3c(=O)c(OC(=O)O)cn(-c4ccc(F)cc4F)c3c2Cl)C1. The van der Waals surface area contributed by atoms with Gasteiger partial charge in [0.25, 0.3) is 0 Å². The molecule has 1 aliphatic heterocycles. The van der Waals surface area contributed by atoms with Gasteiger partial charge in [-0.05, 0) is 25.1 Å². The van der Waals surface area contributed by atoms with E-state index in [1.807, 2.05) is 0 Å². The van der Waals surface area contributed by atoms with E-state index in [1.165, 1.54) is 0 Å². The highest BCUT2D eigenvalue weighted by molar-refractivity contribution is 6.38. The molecule has 2 aromatic carbocycles. The van der Waals surface area contributed by atoms with Crippen molar-refractivity contribution in [3.8, 4) is 11.4 Å². The van der Waals surface area contributed by atoms with Crippen molar-refractivity contribution in [2.75, 3.05) is 18.0 Å². The highest BCUT2D eigenvalue weighted by atomic mass is 35.5. The standard InChI is InChI=1S/C20H15ClF3N3O4/c1-20(25)7-26(8-20)17-12(24)5-10-16(15(17)21)27(6-14(18(10)28)31-19(29)30)13-3-2-9(22)4-11(13)23/h2-6H,7-8,25H2,1H3,(H,29,30). The Balaban J connectivity index is 2.07. The minimum absolute atomic E-state index is 0.0420. The summed E-state index contributed by atoms with van der Waals surface area (Å²) < 4.78 is 48.5. The second-order valence-corrected chi connectivity index (χ2v) is 7.96. The van der Waals surface area contributed by atoms with Crippen molar-refractivity contribution < 1.29 is 27.8 Å². The molecule has 0 unspecified atom stereocenters. The van der Waals surface area contributed by atoms with Crippen molar-refractivity contribution in [1.82, 2.24) is 4.57 Å². The molecule has 7 nitrogen and oxygen atoms in total. The monoisotopic (exact) mass is 453 g/mol. The Morgan fingerprint density at radius 3 is 2.48 bits per heavy atom. The average molecular weight is 454 g/mol. The first-order valence-corrected chi connectivity index (χ1v) is 9.34. The predicted molar refractivity (Wildman–Crippen MR) is 108 cm³/mol. The van der Waals surface area contributed by atoms with Gasteiger partial charge in [0.05, 0.1) is 33.5 Å². The first kappa shape index (κ1) is 21.0. The normalized spacial score (nSPS) is 15.1. The van der Waals surface area contributed by atoms with Crippen LogP contribution < -0.4 is 20.8 Å². The number of aromatic nitrogens is 1. The summed E-state index contributed by atoms with van der Waals surface area (Å²) in [7, 11) is 0. The summed E-state index contributed by atoms with van der Waals surface area (Å²) in [5.74, 6) is -3.42. The largest absolute Gasteiger partial charge is 0.511 e. The molecule has 0 radical (unpaired) electrons. The van der Waals surface area contributed by atoms with Crippen LogP contribution in [0.15, 0.2) is 35.3 Å². The summed E-state index contributed by atoms with van der Waals surface area (Å²) >= 11 is 6.48. The number of fused-ring (bicyclic) bond motifs is 1. The lowest BCUT2D eigenvalue weighted by Crippen LogP contribution is -2.65. The van der Waals surface area contributed by atoms with Crippen molar-refractivity contribution in [2.45, 2.75) is 12.5 Å². The second kappa shape index (κ2) is 7.17. The van der Waals surface area contributed by atoms with Crippen molar-refractivity contribution in [1.29, 1.82) is 0 Å². The Hall–Kier alpha value is -3.24. The fourth-order valence-corrected chi connectivity index (χ4v) is 4.09. The molecular weight excluding hydrogens is 439 g/mol. The van der Waals surface area contributed by atoms with Gasteiger partial charge in [0.15, 0.2) is 5.75 Å². The van der Waals surface area contributed by atoms with E-state index in [0.717, 1.165) is 29.0 Å². The zero-order chi connectivity index (χ0) is 22.7. The number of rotatable bonds is 3. The van der Waals surface area contributed by atoms with E-state index in [0.29, 0.717) is 6.07 Å². The number of nitrogens with two attached hydrogens (primary N) is 1. The molecule has 4 rings (SSSR count). The van der Waals surface area contributed by atoms with Crippen LogP contribution in [-0.2, 0) is 0 Å². The topological polar surface area (TPSA) is 97.8 Å². The number of hydrogen-bond acceptors (Lipinski definition) is 5. The maximum atomic E-state index is 14.9. The van der Waals surface area contributed by atoms with Gasteiger partial charge in [-0.25, -0.2) is 18.0 Å². The van der Waals surface area contributed by atoms with E-state index in [4.69, 9.17) is 22.4 Å². The fraction of sp³-hybridized carbons (Fsp3) is 0.200. The number of anilines is 1. The molecule has 1 fully saturated rings. The first-order valence-electron chi connectivity index (χ1n) is 8.96. The zero-order valence-electron chi connectivity index (χ0n) is 16.0. The summed E-state index contributed by atoms with van der Waals surface area (Å²) in [5.41, 5.74) is 4.06. The highest BCUT2D eigenvalue weighted by Gasteiger charge is 2.38. The molecule has 162 valence electrons. The van der Waals surface area contributed by atoms with Gasteiger partial charge in [0.2, 0.25) is 5.43 Å². The van der Waals surface area contributed by atoms with Crippen LogP contribution in [0.5, 0.6) is 5.75 Å². The Bertz CT molecular complexity index is 1300. The van der Waals surface area contributed by atoms with Crippen LogP contribution in [0.1, 0.15) is 6.92 Å². The lowest BCUT2D eigenvalue weighted by atomic mass is 9.92. The Labute approximate surface area is 178 Å². The third-order valence-electron chi connectivity index (χ3n) is 4.91. The molecular formula is C20H15ClF3N3O4. The average Bonchev–Trinajstić information content (AvgIpc) is 2.62. The number of pyridine rings is 1. The van der Waals surface area contributed by atoms with Crippen LogP contribution in [0.25, 0.3) is 16.6 Å². The minimum Gasteiger partial charge on any atom is -0.449 e. The van der Waals surface area contributed by atoms with Crippen LogP contribution >= 0.6 is 11.6 Å². The van der Waals surface area contributed by atoms with Crippen LogP contribution in [0.4, 0.5) is 23.7 Å². The van der Waals surface area contributed by atoms with Crippen LogP contribution in [0.2, 0.25) is 5.02 Å². The van der Waals surface area contributed by atoms with E-state index < -0.39 is 40.3 Å². The van der Waals surface area contributed by atoms with Gasteiger partial charge >= 0.3 is 6.16 Å². The summed E-state index contributed by atoms with van der Waals surface area (Å²) in [6, 6.07) is 3.51. The van der Waals surface area contributed by atoms with E-state index in [-0.39, 0.29) is 40.4 Å². The zero-order valence-corrected chi connectivity index (χ0v) is 16.7. The Morgan fingerprint density at radius 1 is 1.23 bits per heavy atom. The molecule has 3 aromatic rings. The van der Waals surface area contributed by atoms with Gasteiger partial charge in [0.1, 0.15) is 17.5 Å². The smallest absolute Gasteiger partial charge is 0.449 e. The fourth-order valence-electron chi connectivity index (χ4n) is 3.69. The maximum Gasteiger partial charge on any atom is 0.511 e. The van der Waals surface area contributed by atoms with E-state index in [9.17, 15) is 22.8 Å². The summed E-state index contributed by atoms with van der Waals surface area (Å²) in [4.78, 5) is 25.3. The van der Waals surface area contributed by atoms with Gasteiger partial charge in [-0.2, -0.15) is 0 Å². The van der Waals surface area contributed by atoms with Crippen molar-refractivity contribution in [3.05, 3.63) is 63.2 Å². The van der Waals surface area contributed by atoms with E-state index in [1.54, 1.807) is 11.8 Å². The van der Waals surface area contributed by atoms with Crippen molar-refractivity contribution in [3.63, 3.8) is 0 Å². The van der Waals surface area contributed by atoms with Gasteiger partial charge < -0.3 is 25.0 Å². The molecule has 3 N–H and O–H groups in total. The Morgan fingerprint density at radius 2 is 1.90 bits per heavy atom. The molecule has 0 spiro atoms. The molecule has 11 heteroatoms. The van der Waals surface area contributed by atoms with E-state index >= 15 is 0 Å². The molecule has 1 aliphatic rings. The van der Waals surface area contributed by atoms with Crippen molar-refractivity contribution in [2.24, 2.45) is 5.73 Å². The Kier molecular flexibility index (Phi) is 4.86. The van der Waals surface area contributed by atoms with E-state index in [2.05, 4.69) is 4.74 Å². The minimum atomic E-state index is -1.80. The molecule has 0 amide bonds. The van der Waals surface area contributed by atoms with Crippen LogP contribution in [-0.4, -0.2) is 34.5 Å². The lowest BCUT2D eigenvalue weighted by Gasteiger charge is -2.47. The maximum absolute atomic E-state index is 14.9. The molecule has 1 aromatic heterocycles. The number of ether oxygens (including phenoxy) is 1. The number of carbonyl (C=O) groups is 1. The summed E-state index contributed by atoms with van der Waals surface area (Å²) in [6.07, 6.45) is -0.889. The number of nitrogens with zero attached hydrogens (tertiary/aromatic N) is 2. The van der Waals surface area contributed by atoms with Crippen LogP contribution in [0.3, 0.4) is 0 Å². The van der Waals surface area contributed by atoms with Gasteiger partial charge in [-0.3, -0.25) is 4.79 Å². The van der Waals surface area contributed by atoms with Gasteiger partial charge in [0, 0.05) is 24.7 Å². The second-order valence-electron chi connectivity index (χ2n) is 7.58. The number of halogens is 4. The highest BCUT2D eigenvalue weighted by Crippen LogP contribution is 2.40. The number of benzene rings is 2. The summed E-state index contributed by atoms with van der Waals surface area (Å²) in [6.45, 7) is 2.34. The third kappa shape index (κ3) is 3.57. The predicted octanol–water partition coefficient (Wildman–Crippen LogP) is 3.66. The molecule has 0 saturated carbocycles. The van der Waals surface area contributed by atoms with Gasteiger partial charge in [-0.1, -0.05) is 11.6 Å². The summed E-state index contributed by atoms with van der Waals surface area (Å²) in [5, 5.41) is 8.36. The molecule has 1 saturated heterocycles.